The minimum Gasteiger partial charge on any atom is -0.350 e. The zero-order valence-corrected chi connectivity index (χ0v) is 12.8. The second-order valence-corrected chi connectivity index (χ2v) is 6.26. The zero-order chi connectivity index (χ0) is 14.5. The third kappa shape index (κ3) is 3.78. The van der Waals surface area contributed by atoms with Gasteiger partial charge in [-0.1, -0.05) is 12.1 Å². The van der Waals surface area contributed by atoms with Crippen molar-refractivity contribution in [1.82, 2.24) is 20.5 Å². The molecule has 0 aliphatic carbocycles. The van der Waals surface area contributed by atoms with E-state index in [4.69, 9.17) is 0 Å². The number of nitrogens with zero attached hydrogens (tertiary/aromatic N) is 2. The van der Waals surface area contributed by atoms with Crippen LogP contribution in [0.1, 0.15) is 22.6 Å². The summed E-state index contributed by atoms with van der Waals surface area (Å²) in [6.07, 6.45) is 2.18. The maximum Gasteiger partial charge on any atom is 0.280 e. The van der Waals surface area contributed by atoms with Gasteiger partial charge in [0.25, 0.3) is 5.91 Å². The lowest BCUT2D eigenvalue weighted by Crippen LogP contribution is -2.42. The van der Waals surface area contributed by atoms with Gasteiger partial charge in [-0.2, -0.15) is 0 Å². The highest BCUT2D eigenvalue weighted by Crippen LogP contribution is 2.21. The number of nitrogens with one attached hydrogen (secondary N) is 2. The largest absolute Gasteiger partial charge is 0.350 e. The van der Waals surface area contributed by atoms with Crippen LogP contribution >= 0.6 is 11.3 Å². The third-order valence-corrected chi connectivity index (χ3v) is 4.62. The van der Waals surface area contributed by atoms with Gasteiger partial charge < -0.3 is 10.6 Å². The van der Waals surface area contributed by atoms with Gasteiger partial charge in [0.15, 0.2) is 5.01 Å². The molecule has 21 heavy (non-hydrogen) atoms. The summed E-state index contributed by atoms with van der Waals surface area (Å²) in [6, 6.07) is 7.84. The number of hydrogen-bond acceptors (Lipinski definition) is 5. The van der Waals surface area contributed by atoms with Crippen molar-refractivity contribution in [2.24, 2.45) is 0 Å². The van der Waals surface area contributed by atoms with E-state index in [0.29, 0.717) is 11.6 Å². The standard InChI is InChI=1S/C15H20N4OS/c20-14(15-18-12-5-1-2-6-13(12)21-15)17-8-4-10-19-9-3-7-16-11-19/h1-2,5-6,16H,3-4,7-11H2,(H,17,20). The van der Waals surface area contributed by atoms with Crippen LogP contribution in [0, 0.1) is 0 Å². The summed E-state index contributed by atoms with van der Waals surface area (Å²) in [7, 11) is 0. The van der Waals surface area contributed by atoms with Crippen LogP contribution in [-0.2, 0) is 0 Å². The van der Waals surface area contributed by atoms with Gasteiger partial charge in [-0.3, -0.25) is 9.69 Å². The molecule has 0 spiro atoms. The van der Waals surface area contributed by atoms with Gasteiger partial charge in [0.1, 0.15) is 0 Å². The lowest BCUT2D eigenvalue weighted by Gasteiger charge is -2.27. The molecular weight excluding hydrogens is 284 g/mol. The first kappa shape index (κ1) is 14.4. The zero-order valence-electron chi connectivity index (χ0n) is 12.0. The smallest absolute Gasteiger partial charge is 0.280 e. The first-order chi connectivity index (χ1) is 10.3. The Morgan fingerprint density at radius 2 is 2.33 bits per heavy atom. The van der Waals surface area contributed by atoms with E-state index >= 15 is 0 Å². The number of thiazole rings is 1. The highest BCUT2D eigenvalue weighted by atomic mass is 32.1. The summed E-state index contributed by atoms with van der Waals surface area (Å²) in [4.78, 5) is 18.8. The molecule has 2 N–H and O–H groups in total. The molecule has 1 aliphatic heterocycles. The average Bonchev–Trinajstić information content (AvgIpc) is 2.96. The minimum atomic E-state index is -0.0621. The van der Waals surface area contributed by atoms with Crippen LogP contribution < -0.4 is 10.6 Å². The normalized spacial score (nSPS) is 16.2. The van der Waals surface area contributed by atoms with Crippen LogP contribution in [0.15, 0.2) is 24.3 Å². The van der Waals surface area contributed by atoms with E-state index < -0.39 is 0 Å². The Balaban J connectivity index is 1.45. The van der Waals surface area contributed by atoms with Crippen LogP contribution in [0.4, 0.5) is 0 Å². The van der Waals surface area contributed by atoms with E-state index in [2.05, 4.69) is 20.5 Å². The summed E-state index contributed by atoms with van der Waals surface area (Å²) in [5.41, 5.74) is 0.895. The Bertz CT molecular complexity index is 573. The quantitative estimate of drug-likeness (QED) is 0.825. The van der Waals surface area contributed by atoms with Crippen LogP contribution in [0.2, 0.25) is 0 Å². The molecule has 112 valence electrons. The van der Waals surface area contributed by atoms with Gasteiger partial charge in [0.2, 0.25) is 0 Å². The first-order valence-electron chi connectivity index (χ1n) is 7.40. The number of carbonyl (C=O) groups is 1. The highest BCUT2D eigenvalue weighted by Gasteiger charge is 2.12. The van der Waals surface area contributed by atoms with Crippen LogP contribution in [0.5, 0.6) is 0 Å². The molecule has 0 saturated carbocycles. The second kappa shape index (κ2) is 6.98. The predicted octanol–water partition coefficient (Wildman–Crippen LogP) is 1.67. The Morgan fingerprint density at radius 3 is 3.14 bits per heavy atom. The number of hydrogen-bond donors (Lipinski definition) is 2. The highest BCUT2D eigenvalue weighted by molar-refractivity contribution is 7.20. The molecule has 1 aromatic carbocycles. The van der Waals surface area contributed by atoms with Crippen molar-refractivity contribution in [3.63, 3.8) is 0 Å². The van der Waals surface area contributed by atoms with Gasteiger partial charge in [-0.15, -0.1) is 11.3 Å². The molecule has 1 fully saturated rings. The minimum absolute atomic E-state index is 0.0621. The number of para-hydroxylation sites is 1. The SMILES string of the molecule is O=C(NCCCN1CCCNC1)c1nc2ccccc2s1. The molecule has 0 bridgehead atoms. The molecular formula is C15H20N4OS. The van der Waals surface area contributed by atoms with Gasteiger partial charge in [-0.05, 0) is 31.5 Å². The maximum atomic E-state index is 12.1. The molecule has 1 saturated heterocycles. The number of aromatic nitrogens is 1. The Hall–Kier alpha value is -1.50. The lowest BCUT2D eigenvalue weighted by atomic mass is 10.3. The molecule has 1 aliphatic rings. The third-order valence-electron chi connectivity index (χ3n) is 3.59. The van der Waals surface area contributed by atoms with Gasteiger partial charge in [-0.25, -0.2) is 4.98 Å². The van der Waals surface area contributed by atoms with Crippen molar-refractivity contribution in [2.75, 3.05) is 32.8 Å². The molecule has 0 atom stereocenters. The fourth-order valence-corrected chi connectivity index (χ4v) is 3.37. The summed E-state index contributed by atoms with van der Waals surface area (Å²) < 4.78 is 1.06. The maximum absolute atomic E-state index is 12.1. The fraction of sp³-hybridized carbons (Fsp3) is 0.467. The Labute approximate surface area is 128 Å². The summed E-state index contributed by atoms with van der Waals surface area (Å²) in [5, 5.41) is 6.87. The number of benzene rings is 1. The monoisotopic (exact) mass is 304 g/mol. The van der Waals surface area contributed by atoms with Crippen LogP contribution in [0.25, 0.3) is 10.2 Å². The average molecular weight is 304 g/mol. The van der Waals surface area contributed by atoms with Crippen molar-refractivity contribution >= 4 is 27.5 Å². The van der Waals surface area contributed by atoms with Gasteiger partial charge in [0.05, 0.1) is 10.2 Å². The van der Waals surface area contributed by atoms with E-state index in [1.165, 1.54) is 17.8 Å². The fourth-order valence-electron chi connectivity index (χ4n) is 2.48. The summed E-state index contributed by atoms with van der Waals surface area (Å²) in [6.45, 7) is 4.95. The molecule has 0 radical (unpaired) electrons. The van der Waals surface area contributed by atoms with E-state index in [9.17, 15) is 4.79 Å². The molecule has 2 heterocycles. The molecule has 1 aromatic heterocycles. The van der Waals surface area contributed by atoms with Crippen molar-refractivity contribution in [2.45, 2.75) is 12.8 Å². The van der Waals surface area contributed by atoms with Crippen molar-refractivity contribution in [3.05, 3.63) is 29.3 Å². The van der Waals surface area contributed by atoms with Crippen molar-refractivity contribution in [1.29, 1.82) is 0 Å². The van der Waals surface area contributed by atoms with Crippen molar-refractivity contribution in [3.8, 4) is 0 Å². The Kier molecular flexibility index (Phi) is 4.80. The topological polar surface area (TPSA) is 57.3 Å². The molecule has 2 aromatic rings. The molecule has 5 nitrogen and oxygen atoms in total. The summed E-state index contributed by atoms with van der Waals surface area (Å²) >= 11 is 1.45. The second-order valence-electron chi connectivity index (χ2n) is 5.23. The van der Waals surface area contributed by atoms with Gasteiger partial charge in [0, 0.05) is 26.3 Å². The predicted molar refractivity (Wildman–Crippen MR) is 85.6 cm³/mol. The Morgan fingerprint density at radius 1 is 1.43 bits per heavy atom. The lowest BCUT2D eigenvalue weighted by molar-refractivity contribution is 0.0950. The number of fused-ring (bicyclic) bond motifs is 1. The molecule has 3 rings (SSSR count). The number of amides is 1. The first-order valence-corrected chi connectivity index (χ1v) is 8.21. The molecule has 0 unspecified atom stereocenters. The van der Waals surface area contributed by atoms with E-state index in [-0.39, 0.29) is 5.91 Å². The van der Waals surface area contributed by atoms with Gasteiger partial charge >= 0.3 is 0 Å². The molecule has 6 heteroatoms. The van der Waals surface area contributed by atoms with Crippen LogP contribution in [-0.4, -0.2) is 48.6 Å². The number of rotatable bonds is 5. The van der Waals surface area contributed by atoms with E-state index in [1.807, 2.05) is 24.3 Å². The summed E-state index contributed by atoms with van der Waals surface area (Å²) in [5.74, 6) is -0.0621. The van der Waals surface area contributed by atoms with E-state index in [0.717, 1.165) is 42.9 Å². The van der Waals surface area contributed by atoms with Crippen LogP contribution in [0.3, 0.4) is 0 Å². The van der Waals surface area contributed by atoms with E-state index in [1.54, 1.807) is 0 Å². The molecule has 1 amide bonds. The number of carbonyl (C=O) groups excluding carboxylic acids is 1. The van der Waals surface area contributed by atoms with Crippen molar-refractivity contribution < 1.29 is 4.79 Å².